The molecule has 0 aliphatic carbocycles. The Morgan fingerprint density at radius 2 is 1.25 bits per heavy atom. The molecule has 6 nitrogen and oxygen atoms in total. The summed E-state index contributed by atoms with van der Waals surface area (Å²) in [6.07, 6.45) is 1.02. The van der Waals surface area contributed by atoms with Crippen LogP contribution in [0.15, 0.2) is 0 Å². The molecule has 0 N–H and O–H groups in total. The average molecular weight is 389 g/mol. The molecule has 0 saturated carbocycles. The summed E-state index contributed by atoms with van der Waals surface area (Å²) >= 11 is 0. The second-order valence-corrected chi connectivity index (χ2v) is 10.5. The molecule has 1 aliphatic rings. The predicted molar refractivity (Wildman–Crippen MR) is 105 cm³/mol. The topological polar surface area (TPSA) is 74.8 Å². The number of hydrogen-bond donors (Lipinski definition) is 0. The van der Waals surface area contributed by atoms with Gasteiger partial charge in [-0.25, -0.2) is 25.4 Å². The van der Waals surface area contributed by atoms with Crippen LogP contribution < -0.4 is 0 Å². The van der Waals surface area contributed by atoms with E-state index in [1.54, 1.807) is 27.7 Å². The molecular weight excluding hydrogens is 348 g/mol. The van der Waals surface area contributed by atoms with Gasteiger partial charge in [-0.3, -0.25) is 0 Å². The first-order chi connectivity index (χ1) is 10.5. The van der Waals surface area contributed by atoms with Crippen LogP contribution in [0.2, 0.25) is 0 Å². The second-order valence-electron chi connectivity index (χ2n) is 5.52. The Morgan fingerprint density at radius 1 is 0.875 bits per heavy atom. The molecule has 1 rings (SSSR count). The highest BCUT2D eigenvalue weighted by Gasteiger charge is 2.29. The second kappa shape index (κ2) is 13.1. The van der Waals surface area contributed by atoms with Crippen LogP contribution in [0.1, 0.15) is 69.2 Å². The lowest BCUT2D eigenvalue weighted by Crippen LogP contribution is -2.45. The van der Waals surface area contributed by atoms with Gasteiger partial charge in [0, 0.05) is 26.2 Å². The van der Waals surface area contributed by atoms with Crippen LogP contribution in [-0.2, 0) is 20.0 Å². The summed E-state index contributed by atoms with van der Waals surface area (Å²) in [7, 11) is -5.91. The van der Waals surface area contributed by atoms with Gasteiger partial charge < -0.3 is 0 Å². The standard InChI is InChI=1S/C7H17NO2S.C6H13NO2S.C2H6.CH4/c1-5-8(6-2)11(9,10)7(3)4;1-6(2)10(8,9)7-4-3-5-7;1-2;/h7H,5-6H2,1-4H3;6H,3-5H2,1-2H3;1-2H3;1H4. The zero-order chi connectivity index (χ0) is 18.8. The molecule has 0 aromatic rings. The Morgan fingerprint density at radius 3 is 1.33 bits per heavy atom. The quantitative estimate of drug-likeness (QED) is 0.700. The van der Waals surface area contributed by atoms with Gasteiger partial charge in [-0.1, -0.05) is 35.1 Å². The third-order valence-electron chi connectivity index (χ3n) is 3.43. The minimum absolute atomic E-state index is 0. The molecule has 1 saturated heterocycles. The van der Waals surface area contributed by atoms with E-state index < -0.39 is 20.0 Å². The van der Waals surface area contributed by atoms with Gasteiger partial charge in [-0.05, 0) is 34.1 Å². The maximum Gasteiger partial charge on any atom is 0.216 e. The van der Waals surface area contributed by atoms with Gasteiger partial charge in [-0.15, -0.1) is 0 Å². The number of nitrogens with zero attached hydrogens (tertiary/aromatic N) is 2. The van der Waals surface area contributed by atoms with Crippen molar-refractivity contribution in [2.75, 3.05) is 26.2 Å². The summed E-state index contributed by atoms with van der Waals surface area (Å²) in [5.41, 5.74) is 0. The number of hydrogen-bond acceptors (Lipinski definition) is 4. The van der Waals surface area contributed by atoms with Crippen molar-refractivity contribution in [3.63, 3.8) is 0 Å². The third kappa shape index (κ3) is 8.27. The van der Waals surface area contributed by atoms with Gasteiger partial charge in [-0.2, -0.15) is 0 Å². The van der Waals surface area contributed by atoms with Crippen LogP contribution in [0.3, 0.4) is 0 Å². The van der Waals surface area contributed by atoms with Crippen molar-refractivity contribution < 1.29 is 16.8 Å². The van der Waals surface area contributed by atoms with E-state index in [0.29, 0.717) is 13.1 Å². The van der Waals surface area contributed by atoms with Gasteiger partial charge in [0.15, 0.2) is 0 Å². The van der Waals surface area contributed by atoms with Gasteiger partial charge in [0.1, 0.15) is 0 Å². The highest BCUT2D eigenvalue weighted by molar-refractivity contribution is 7.90. The Kier molecular flexibility index (Phi) is 15.6. The third-order valence-corrected chi connectivity index (χ3v) is 8.14. The Bertz CT molecular complexity index is 492. The van der Waals surface area contributed by atoms with E-state index in [9.17, 15) is 16.8 Å². The van der Waals surface area contributed by atoms with Crippen LogP contribution in [0.25, 0.3) is 0 Å². The van der Waals surface area contributed by atoms with Crippen molar-refractivity contribution in [1.82, 2.24) is 8.61 Å². The van der Waals surface area contributed by atoms with E-state index >= 15 is 0 Å². The van der Waals surface area contributed by atoms with E-state index in [2.05, 4.69) is 0 Å². The Balaban J connectivity index is -0.000000321. The molecular formula is C16H40N2O4S2. The van der Waals surface area contributed by atoms with E-state index in [1.807, 2.05) is 27.7 Å². The highest BCUT2D eigenvalue weighted by Crippen LogP contribution is 2.15. The molecule has 0 spiro atoms. The highest BCUT2D eigenvalue weighted by atomic mass is 32.2. The van der Waals surface area contributed by atoms with Crippen LogP contribution in [0, 0.1) is 0 Å². The summed E-state index contributed by atoms with van der Waals surface area (Å²) in [5.74, 6) is 0. The fourth-order valence-electron chi connectivity index (χ4n) is 1.72. The molecule has 0 aromatic heterocycles. The number of sulfonamides is 2. The maximum absolute atomic E-state index is 11.4. The number of rotatable bonds is 6. The molecule has 0 atom stereocenters. The van der Waals surface area contributed by atoms with Crippen molar-refractivity contribution in [3.8, 4) is 0 Å². The molecule has 1 heterocycles. The summed E-state index contributed by atoms with van der Waals surface area (Å²) in [6.45, 7) is 17.1. The molecule has 8 heteroatoms. The fourth-order valence-corrected chi connectivity index (χ4v) is 4.40. The minimum atomic E-state index is -3.01. The van der Waals surface area contributed by atoms with Crippen LogP contribution in [0.4, 0.5) is 0 Å². The zero-order valence-corrected chi connectivity index (χ0v) is 17.7. The summed E-state index contributed by atoms with van der Waals surface area (Å²) in [4.78, 5) is 0. The van der Waals surface area contributed by atoms with Crippen LogP contribution >= 0.6 is 0 Å². The van der Waals surface area contributed by atoms with E-state index in [-0.39, 0.29) is 17.9 Å². The van der Waals surface area contributed by atoms with Crippen molar-refractivity contribution in [2.45, 2.75) is 79.7 Å². The molecule has 0 bridgehead atoms. The van der Waals surface area contributed by atoms with Crippen molar-refractivity contribution in [1.29, 1.82) is 0 Å². The van der Waals surface area contributed by atoms with Gasteiger partial charge in [0.25, 0.3) is 0 Å². The lowest BCUT2D eigenvalue weighted by atomic mass is 10.3. The van der Waals surface area contributed by atoms with Crippen molar-refractivity contribution in [2.24, 2.45) is 0 Å². The summed E-state index contributed by atoms with van der Waals surface area (Å²) < 4.78 is 48.3. The van der Waals surface area contributed by atoms with Gasteiger partial charge >= 0.3 is 0 Å². The van der Waals surface area contributed by atoms with Crippen LogP contribution in [-0.4, -0.2) is 62.1 Å². The van der Waals surface area contributed by atoms with E-state index in [0.717, 1.165) is 19.5 Å². The molecule has 24 heavy (non-hydrogen) atoms. The molecule has 150 valence electrons. The monoisotopic (exact) mass is 388 g/mol. The van der Waals surface area contributed by atoms with Gasteiger partial charge in [0.05, 0.1) is 10.5 Å². The Hall–Kier alpha value is -0.180. The minimum Gasteiger partial charge on any atom is -0.212 e. The predicted octanol–water partition coefficient (Wildman–Crippen LogP) is 3.16. The van der Waals surface area contributed by atoms with Crippen LogP contribution in [0.5, 0.6) is 0 Å². The maximum atomic E-state index is 11.4. The average Bonchev–Trinajstić information content (AvgIpc) is 2.40. The summed E-state index contributed by atoms with van der Waals surface area (Å²) in [5, 5.41) is -0.560. The first-order valence-electron chi connectivity index (χ1n) is 8.49. The van der Waals surface area contributed by atoms with Gasteiger partial charge in [0.2, 0.25) is 20.0 Å². The normalized spacial score (nSPS) is 15.0. The lowest BCUT2D eigenvalue weighted by Gasteiger charge is -2.31. The molecule has 1 aliphatic heterocycles. The summed E-state index contributed by atoms with van der Waals surface area (Å²) in [6, 6.07) is 0. The van der Waals surface area contributed by atoms with Crippen molar-refractivity contribution in [3.05, 3.63) is 0 Å². The smallest absolute Gasteiger partial charge is 0.212 e. The molecule has 0 aromatic carbocycles. The molecule has 0 amide bonds. The molecule has 1 fully saturated rings. The zero-order valence-electron chi connectivity index (χ0n) is 16.0. The molecule has 0 radical (unpaired) electrons. The Labute approximate surface area is 151 Å². The van der Waals surface area contributed by atoms with E-state index in [1.165, 1.54) is 8.61 Å². The van der Waals surface area contributed by atoms with Crippen molar-refractivity contribution >= 4 is 20.0 Å². The SMILES string of the molecule is C.CC.CC(C)S(=O)(=O)N1CCC1.CCN(CC)S(=O)(=O)C(C)C. The largest absolute Gasteiger partial charge is 0.216 e. The first-order valence-corrected chi connectivity index (χ1v) is 11.5. The van der Waals surface area contributed by atoms with E-state index in [4.69, 9.17) is 0 Å². The molecule has 0 unspecified atom stereocenters. The first kappa shape index (κ1) is 28.6. The lowest BCUT2D eigenvalue weighted by molar-refractivity contribution is 0.306. The fraction of sp³-hybridized carbons (Fsp3) is 1.00.